The first kappa shape index (κ1) is 25.7. The molecular formula is C22H43NO4. The van der Waals surface area contributed by atoms with E-state index in [9.17, 15) is 9.59 Å². The predicted octanol–water partition coefficient (Wildman–Crippen LogP) is 6.10. The van der Waals surface area contributed by atoms with Crippen LogP contribution in [0, 0.1) is 0 Å². The van der Waals surface area contributed by atoms with Gasteiger partial charge in [-0.1, -0.05) is 84.5 Å². The lowest BCUT2D eigenvalue weighted by Gasteiger charge is -2.22. The van der Waals surface area contributed by atoms with Gasteiger partial charge in [0, 0.05) is 7.05 Å². The molecule has 5 heteroatoms. The Bertz CT molecular complexity index is 373. The van der Waals surface area contributed by atoms with E-state index >= 15 is 0 Å². The standard InChI is InChI=1S/C22H43NO4/c1-5-7-9-11-13-15-16-18-26-21(24)20(3)23(4)22(25)27-19-17-14-12-10-8-6-2/h20H,5-19H2,1-4H3. The van der Waals surface area contributed by atoms with E-state index < -0.39 is 12.1 Å². The number of carbonyl (C=O) groups is 2. The molecule has 160 valence electrons. The topological polar surface area (TPSA) is 55.8 Å². The van der Waals surface area contributed by atoms with Crippen molar-refractivity contribution in [2.45, 2.75) is 110 Å². The molecule has 27 heavy (non-hydrogen) atoms. The summed E-state index contributed by atoms with van der Waals surface area (Å²) in [7, 11) is 1.59. The van der Waals surface area contributed by atoms with Gasteiger partial charge in [-0.2, -0.15) is 0 Å². The van der Waals surface area contributed by atoms with Crippen LogP contribution >= 0.6 is 0 Å². The molecule has 0 aliphatic heterocycles. The number of rotatable bonds is 17. The quantitative estimate of drug-likeness (QED) is 0.224. The second kappa shape index (κ2) is 18.1. The van der Waals surface area contributed by atoms with E-state index in [4.69, 9.17) is 9.47 Å². The van der Waals surface area contributed by atoms with Crippen molar-refractivity contribution in [2.75, 3.05) is 20.3 Å². The lowest BCUT2D eigenvalue weighted by atomic mass is 10.1. The van der Waals surface area contributed by atoms with Crippen LogP contribution in [0.2, 0.25) is 0 Å². The fraction of sp³-hybridized carbons (Fsp3) is 0.909. The summed E-state index contributed by atoms with van der Waals surface area (Å²) in [6, 6.07) is -0.619. The van der Waals surface area contributed by atoms with E-state index in [1.54, 1.807) is 14.0 Å². The molecule has 0 saturated carbocycles. The molecule has 1 amide bonds. The van der Waals surface area contributed by atoms with Gasteiger partial charge in [-0.3, -0.25) is 4.90 Å². The third-order valence-electron chi connectivity index (χ3n) is 4.93. The van der Waals surface area contributed by atoms with Crippen molar-refractivity contribution in [3.63, 3.8) is 0 Å². The van der Waals surface area contributed by atoms with E-state index in [1.807, 2.05) is 0 Å². The van der Waals surface area contributed by atoms with Crippen molar-refractivity contribution in [3.8, 4) is 0 Å². The van der Waals surface area contributed by atoms with Crippen LogP contribution in [-0.4, -0.2) is 43.3 Å². The van der Waals surface area contributed by atoms with Gasteiger partial charge in [0.1, 0.15) is 6.04 Å². The number of carbonyl (C=O) groups excluding carboxylic acids is 2. The number of hydrogen-bond acceptors (Lipinski definition) is 4. The van der Waals surface area contributed by atoms with Gasteiger partial charge in [0.25, 0.3) is 0 Å². The number of likely N-dealkylation sites (N-methyl/N-ethyl adjacent to an activating group) is 1. The average Bonchev–Trinajstić information content (AvgIpc) is 2.67. The highest BCUT2D eigenvalue weighted by atomic mass is 16.6. The van der Waals surface area contributed by atoms with Crippen LogP contribution in [0.15, 0.2) is 0 Å². The minimum atomic E-state index is -0.619. The highest BCUT2D eigenvalue weighted by molar-refractivity contribution is 5.80. The summed E-state index contributed by atoms with van der Waals surface area (Å²) in [5, 5.41) is 0. The van der Waals surface area contributed by atoms with Crippen LogP contribution in [-0.2, 0) is 14.3 Å². The second-order valence-corrected chi connectivity index (χ2v) is 7.46. The number of nitrogens with zero attached hydrogens (tertiary/aromatic N) is 1. The van der Waals surface area contributed by atoms with Crippen molar-refractivity contribution >= 4 is 12.1 Å². The van der Waals surface area contributed by atoms with Gasteiger partial charge >= 0.3 is 12.1 Å². The Morgan fingerprint density at radius 3 is 1.59 bits per heavy atom. The normalized spacial score (nSPS) is 11.9. The van der Waals surface area contributed by atoms with Gasteiger partial charge in [0.05, 0.1) is 13.2 Å². The van der Waals surface area contributed by atoms with Crippen LogP contribution in [0.25, 0.3) is 0 Å². The smallest absolute Gasteiger partial charge is 0.410 e. The van der Waals surface area contributed by atoms with E-state index in [1.165, 1.54) is 62.7 Å². The van der Waals surface area contributed by atoms with Gasteiger partial charge in [-0.25, -0.2) is 9.59 Å². The van der Waals surface area contributed by atoms with Crippen LogP contribution < -0.4 is 0 Å². The number of amides is 1. The maximum Gasteiger partial charge on any atom is 0.410 e. The van der Waals surface area contributed by atoms with Crippen molar-refractivity contribution in [1.82, 2.24) is 4.90 Å². The number of unbranched alkanes of at least 4 members (excludes halogenated alkanes) is 11. The van der Waals surface area contributed by atoms with E-state index in [-0.39, 0.29) is 5.97 Å². The average molecular weight is 386 g/mol. The maximum atomic E-state index is 12.1. The van der Waals surface area contributed by atoms with Gasteiger partial charge in [0.2, 0.25) is 0 Å². The van der Waals surface area contributed by atoms with Gasteiger partial charge in [-0.05, 0) is 19.8 Å². The van der Waals surface area contributed by atoms with Crippen molar-refractivity contribution in [3.05, 3.63) is 0 Å². The first-order valence-corrected chi connectivity index (χ1v) is 11.1. The van der Waals surface area contributed by atoms with Crippen LogP contribution in [0.4, 0.5) is 4.79 Å². The highest BCUT2D eigenvalue weighted by Gasteiger charge is 2.24. The Balaban J connectivity index is 3.75. The van der Waals surface area contributed by atoms with Crippen LogP contribution in [0.3, 0.4) is 0 Å². The zero-order valence-corrected chi connectivity index (χ0v) is 18.3. The lowest BCUT2D eigenvalue weighted by Crippen LogP contribution is -2.41. The number of ether oxygens (including phenoxy) is 2. The van der Waals surface area contributed by atoms with Gasteiger partial charge in [0.15, 0.2) is 0 Å². The summed E-state index contributed by atoms with van der Waals surface area (Å²) < 4.78 is 10.5. The molecule has 0 aliphatic rings. The fourth-order valence-corrected chi connectivity index (χ4v) is 2.81. The van der Waals surface area contributed by atoms with Gasteiger partial charge < -0.3 is 9.47 Å². The van der Waals surface area contributed by atoms with Crippen LogP contribution in [0.5, 0.6) is 0 Å². The summed E-state index contributed by atoms with van der Waals surface area (Å²) in [4.78, 5) is 25.4. The van der Waals surface area contributed by atoms with Gasteiger partial charge in [-0.15, -0.1) is 0 Å². The Kier molecular flexibility index (Phi) is 17.3. The zero-order valence-electron chi connectivity index (χ0n) is 18.3. The summed E-state index contributed by atoms with van der Waals surface area (Å²) >= 11 is 0. The minimum Gasteiger partial charge on any atom is -0.464 e. The maximum absolute atomic E-state index is 12.1. The summed E-state index contributed by atoms with van der Waals surface area (Å²) in [5.41, 5.74) is 0. The Morgan fingerprint density at radius 1 is 0.704 bits per heavy atom. The molecule has 0 aromatic heterocycles. The second-order valence-electron chi connectivity index (χ2n) is 7.46. The molecular weight excluding hydrogens is 342 g/mol. The molecule has 0 spiro atoms. The first-order chi connectivity index (χ1) is 13.0. The Hall–Kier alpha value is -1.26. The Morgan fingerprint density at radius 2 is 1.11 bits per heavy atom. The van der Waals surface area contributed by atoms with Crippen molar-refractivity contribution in [1.29, 1.82) is 0 Å². The zero-order chi connectivity index (χ0) is 20.3. The third-order valence-corrected chi connectivity index (χ3v) is 4.93. The SMILES string of the molecule is CCCCCCCCCOC(=O)C(C)N(C)C(=O)OCCCCCCCC. The molecule has 0 aliphatic carbocycles. The fourth-order valence-electron chi connectivity index (χ4n) is 2.81. The van der Waals surface area contributed by atoms with E-state index in [0.717, 1.165) is 25.7 Å². The summed E-state index contributed by atoms with van der Waals surface area (Å²) in [6.07, 6.45) is 14.7. The molecule has 0 heterocycles. The predicted molar refractivity (Wildman–Crippen MR) is 111 cm³/mol. The molecule has 0 aromatic carbocycles. The largest absolute Gasteiger partial charge is 0.464 e. The molecule has 0 rings (SSSR count). The molecule has 5 nitrogen and oxygen atoms in total. The lowest BCUT2D eigenvalue weighted by molar-refractivity contribution is -0.148. The molecule has 0 bridgehead atoms. The molecule has 0 saturated heterocycles. The highest BCUT2D eigenvalue weighted by Crippen LogP contribution is 2.09. The van der Waals surface area contributed by atoms with E-state index in [2.05, 4.69) is 13.8 Å². The molecule has 0 fully saturated rings. The Labute approximate surface area is 167 Å². The van der Waals surface area contributed by atoms with Crippen LogP contribution in [0.1, 0.15) is 104 Å². The van der Waals surface area contributed by atoms with Crippen molar-refractivity contribution in [2.24, 2.45) is 0 Å². The monoisotopic (exact) mass is 385 g/mol. The molecule has 1 atom stereocenters. The summed E-state index contributed by atoms with van der Waals surface area (Å²) in [6.45, 7) is 6.92. The van der Waals surface area contributed by atoms with E-state index in [0.29, 0.717) is 13.2 Å². The summed E-state index contributed by atoms with van der Waals surface area (Å²) in [5.74, 6) is -0.361. The number of esters is 1. The molecule has 1 unspecified atom stereocenters. The molecule has 0 N–H and O–H groups in total. The molecule has 0 radical (unpaired) electrons. The molecule has 0 aromatic rings. The first-order valence-electron chi connectivity index (χ1n) is 11.1. The third kappa shape index (κ3) is 14.5. The minimum absolute atomic E-state index is 0.361. The van der Waals surface area contributed by atoms with Crippen molar-refractivity contribution < 1.29 is 19.1 Å². The number of hydrogen-bond donors (Lipinski definition) is 0.